The van der Waals surface area contributed by atoms with Gasteiger partial charge in [0, 0.05) is 16.7 Å². The van der Waals surface area contributed by atoms with Gasteiger partial charge in [-0.05, 0) is 19.4 Å². The maximum absolute atomic E-state index is 10.5. The van der Waals surface area contributed by atoms with Gasteiger partial charge in [-0.3, -0.25) is 0 Å². The number of nitrogens with one attached hydrogen (secondary N) is 1. The van der Waals surface area contributed by atoms with E-state index in [1.165, 1.54) is 0 Å². The molecule has 0 aliphatic carbocycles. The van der Waals surface area contributed by atoms with E-state index < -0.39 is 9.05 Å². The summed E-state index contributed by atoms with van der Waals surface area (Å²) >= 11 is 0. The van der Waals surface area contributed by atoms with Crippen LogP contribution in [0.15, 0.2) is 12.2 Å². The monoisotopic (exact) mass is 209 g/mol. The molecule has 1 atom stereocenters. The molecule has 0 spiro atoms. The first kappa shape index (κ1) is 10.0. The Morgan fingerprint density at radius 2 is 2.33 bits per heavy atom. The van der Waals surface area contributed by atoms with Gasteiger partial charge in [-0.2, -0.15) is 0 Å². The first-order chi connectivity index (χ1) is 5.58. The van der Waals surface area contributed by atoms with Crippen LogP contribution in [0.4, 0.5) is 0 Å². The second-order valence-electron chi connectivity index (χ2n) is 2.84. The molecule has 3 nitrogen and oxygen atoms in total. The summed E-state index contributed by atoms with van der Waals surface area (Å²) in [5.41, 5.74) is 0. The first-order valence-electron chi connectivity index (χ1n) is 3.90. The van der Waals surface area contributed by atoms with Gasteiger partial charge in [-0.15, -0.1) is 0 Å². The molecule has 0 aromatic carbocycles. The molecule has 1 unspecified atom stereocenters. The Morgan fingerprint density at radius 3 is 2.83 bits per heavy atom. The van der Waals surface area contributed by atoms with Crippen LogP contribution in [0, 0.1) is 0 Å². The minimum absolute atomic E-state index is 0.0767. The molecule has 0 aromatic rings. The van der Waals surface area contributed by atoms with Gasteiger partial charge in [0.1, 0.15) is 0 Å². The maximum Gasteiger partial charge on any atom is 0.236 e. The van der Waals surface area contributed by atoms with Crippen LogP contribution >= 0.6 is 10.7 Å². The van der Waals surface area contributed by atoms with Gasteiger partial charge >= 0.3 is 0 Å². The Hall–Kier alpha value is -0.0600. The van der Waals surface area contributed by atoms with Crippen LogP contribution in [0.1, 0.15) is 12.8 Å². The molecule has 1 N–H and O–H groups in total. The molecule has 12 heavy (non-hydrogen) atoms. The van der Waals surface area contributed by atoms with E-state index in [4.69, 9.17) is 10.7 Å². The fraction of sp³-hybridized carbons (Fsp3) is 0.714. The van der Waals surface area contributed by atoms with Crippen molar-refractivity contribution in [2.24, 2.45) is 0 Å². The third-order valence-electron chi connectivity index (χ3n) is 1.76. The minimum Gasteiger partial charge on any atom is -0.311 e. The summed E-state index contributed by atoms with van der Waals surface area (Å²) in [6, 6.07) is 0.336. The lowest BCUT2D eigenvalue weighted by atomic mass is 10.2. The van der Waals surface area contributed by atoms with E-state index in [-0.39, 0.29) is 5.75 Å². The van der Waals surface area contributed by atoms with E-state index in [0.717, 1.165) is 19.4 Å². The molecule has 0 bridgehead atoms. The molecular formula is C7H12ClNO2S. The van der Waals surface area contributed by atoms with Crippen molar-refractivity contribution in [2.45, 2.75) is 18.9 Å². The predicted molar refractivity (Wildman–Crippen MR) is 49.8 cm³/mol. The highest BCUT2D eigenvalue weighted by Crippen LogP contribution is 2.06. The zero-order chi connectivity index (χ0) is 9.03. The molecule has 1 heterocycles. The molecule has 5 heteroatoms. The Balaban J connectivity index is 2.30. The Morgan fingerprint density at radius 1 is 1.58 bits per heavy atom. The van der Waals surface area contributed by atoms with Crippen molar-refractivity contribution in [3.63, 3.8) is 0 Å². The number of rotatable bonds is 3. The van der Waals surface area contributed by atoms with Gasteiger partial charge in [-0.25, -0.2) is 8.42 Å². The van der Waals surface area contributed by atoms with Crippen LogP contribution < -0.4 is 5.32 Å². The van der Waals surface area contributed by atoms with Gasteiger partial charge in [0.05, 0.1) is 5.75 Å². The third kappa shape index (κ3) is 4.09. The smallest absolute Gasteiger partial charge is 0.236 e. The number of hydrogen-bond acceptors (Lipinski definition) is 3. The van der Waals surface area contributed by atoms with Gasteiger partial charge in [-0.1, -0.05) is 12.2 Å². The van der Waals surface area contributed by atoms with Crippen molar-refractivity contribution in [3.8, 4) is 0 Å². The van der Waals surface area contributed by atoms with Crippen molar-refractivity contribution in [1.82, 2.24) is 5.32 Å². The Labute approximate surface area is 77.2 Å². The second kappa shape index (κ2) is 4.25. The molecular weight excluding hydrogens is 198 g/mol. The molecule has 0 aromatic heterocycles. The maximum atomic E-state index is 10.5. The third-order valence-corrected chi connectivity index (χ3v) is 2.73. The number of hydrogen-bond donors (Lipinski definition) is 1. The van der Waals surface area contributed by atoms with Crippen LogP contribution in [-0.2, 0) is 9.05 Å². The second-order valence-corrected chi connectivity index (χ2v) is 5.66. The summed E-state index contributed by atoms with van der Waals surface area (Å²) < 4.78 is 21.0. The van der Waals surface area contributed by atoms with E-state index in [1.54, 1.807) is 6.08 Å². The van der Waals surface area contributed by atoms with Gasteiger partial charge < -0.3 is 5.32 Å². The fourth-order valence-electron chi connectivity index (χ4n) is 1.21. The molecule has 1 aliphatic heterocycles. The van der Waals surface area contributed by atoms with E-state index in [1.807, 2.05) is 6.08 Å². The van der Waals surface area contributed by atoms with Crippen molar-refractivity contribution >= 4 is 19.7 Å². The lowest BCUT2D eigenvalue weighted by Crippen LogP contribution is -2.18. The summed E-state index contributed by atoms with van der Waals surface area (Å²) in [7, 11) is 1.66. The van der Waals surface area contributed by atoms with E-state index in [0.29, 0.717) is 6.04 Å². The van der Waals surface area contributed by atoms with Gasteiger partial charge in [0.25, 0.3) is 0 Å². The summed E-state index contributed by atoms with van der Waals surface area (Å²) in [4.78, 5) is 0. The molecule has 1 fully saturated rings. The van der Waals surface area contributed by atoms with Gasteiger partial charge in [0.15, 0.2) is 0 Å². The van der Waals surface area contributed by atoms with Crippen molar-refractivity contribution < 1.29 is 8.42 Å². The Bertz CT molecular complexity index is 255. The molecule has 0 saturated carbocycles. The summed E-state index contributed by atoms with van der Waals surface area (Å²) in [6.07, 6.45) is 5.71. The van der Waals surface area contributed by atoms with E-state index >= 15 is 0 Å². The first-order valence-corrected chi connectivity index (χ1v) is 6.38. The molecule has 1 aliphatic rings. The summed E-state index contributed by atoms with van der Waals surface area (Å²) in [5.74, 6) is -0.0767. The highest BCUT2D eigenvalue weighted by atomic mass is 35.7. The predicted octanol–water partition coefficient (Wildman–Crippen LogP) is 0.863. The molecule has 70 valence electrons. The quantitative estimate of drug-likeness (QED) is 0.554. The summed E-state index contributed by atoms with van der Waals surface area (Å²) in [5, 5.41) is 3.22. The number of halogens is 1. The normalized spacial score (nSPS) is 25.2. The zero-order valence-electron chi connectivity index (χ0n) is 6.66. The largest absolute Gasteiger partial charge is 0.311 e. The molecule has 1 rings (SSSR count). The molecule has 0 radical (unpaired) electrons. The van der Waals surface area contributed by atoms with Crippen LogP contribution in [-0.4, -0.2) is 26.8 Å². The summed E-state index contributed by atoms with van der Waals surface area (Å²) in [6.45, 7) is 1.02. The zero-order valence-corrected chi connectivity index (χ0v) is 8.24. The van der Waals surface area contributed by atoms with E-state index in [9.17, 15) is 8.42 Å². The van der Waals surface area contributed by atoms with Crippen LogP contribution in [0.5, 0.6) is 0 Å². The standard InChI is InChI=1S/C7H12ClNO2S/c8-12(10,11)6-2-4-7-3-1-5-9-7/h2,4,7,9H,1,3,5-6H2/b4-2-. The Kier molecular flexibility index (Phi) is 3.55. The van der Waals surface area contributed by atoms with Gasteiger partial charge in [0.2, 0.25) is 9.05 Å². The van der Waals surface area contributed by atoms with Crippen LogP contribution in [0.25, 0.3) is 0 Å². The highest BCUT2D eigenvalue weighted by molar-refractivity contribution is 8.13. The SMILES string of the molecule is O=S(=O)(Cl)C/C=C\C1CCCN1. The van der Waals surface area contributed by atoms with Crippen molar-refractivity contribution in [2.75, 3.05) is 12.3 Å². The van der Waals surface area contributed by atoms with Crippen LogP contribution in [0.3, 0.4) is 0 Å². The lowest BCUT2D eigenvalue weighted by molar-refractivity contribution is 0.612. The fourth-order valence-corrected chi connectivity index (χ4v) is 1.77. The molecule has 0 amide bonds. The lowest BCUT2D eigenvalue weighted by Gasteiger charge is -2.00. The average Bonchev–Trinajstić information content (AvgIpc) is 2.36. The molecule has 1 saturated heterocycles. The van der Waals surface area contributed by atoms with Crippen molar-refractivity contribution in [1.29, 1.82) is 0 Å². The highest BCUT2D eigenvalue weighted by Gasteiger charge is 2.10. The van der Waals surface area contributed by atoms with E-state index in [2.05, 4.69) is 5.32 Å². The minimum atomic E-state index is -3.36. The van der Waals surface area contributed by atoms with Crippen LogP contribution in [0.2, 0.25) is 0 Å². The average molecular weight is 210 g/mol. The topological polar surface area (TPSA) is 46.2 Å². The van der Waals surface area contributed by atoms with Crippen molar-refractivity contribution in [3.05, 3.63) is 12.2 Å².